The van der Waals surface area contributed by atoms with Gasteiger partial charge in [-0.25, -0.2) is 4.79 Å². The Bertz CT molecular complexity index is 1030. The van der Waals surface area contributed by atoms with Gasteiger partial charge in [-0.1, -0.05) is 12.1 Å². The Morgan fingerprint density at radius 2 is 1.84 bits per heavy atom. The number of carbonyl (C=O) groups excluding carboxylic acids is 3. The van der Waals surface area contributed by atoms with Crippen LogP contribution in [0.5, 0.6) is 5.75 Å². The molecule has 2 aromatic rings. The van der Waals surface area contributed by atoms with E-state index in [9.17, 15) is 19.5 Å². The van der Waals surface area contributed by atoms with Gasteiger partial charge in [0.25, 0.3) is 11.8 Å². The molecule has 0 saturated carbocycles. The number of hydrogen-bond donors (Lipinski definition) is 3. The number of nitrogens with one attached hydrogen (secondary N) is 2. The summed E-state index contributed by atoms with van der Waals surface area (Å²) in [6.07, 6.45) is 0. The van der Waals surface area contributed by atoms with Gasteiger partial charge in [0.15, 0.2) is 0 Å². The number of ether oxygens (including phenoxy) is 2. The first-order chi connectivity index (χ1) is 15.5. The number of nitrogens with zero attached hydrogens (tertiary/aromatic N) is 1. The summed E-state index contributed by atoms with van der Waals surface area (Å²) in [5.41, 5.74) is 1.37. The fourth-order valence-corrected chi connectivity index (χ4v) is 3.27. The van der Waals surface area contributed by atoms with Crippen molar-refractivity contribution in [3.63, 3.8) is 0 Å². The Labute approximate surface area is 185 Å². The molecular weight excluding hydrogens is 414 g/mol. The first-order valence-electron chi connectivity index (χ1n) is 10.1. The van der Waals surface area contributed by atoms with E-state index in [2.05, 4.69) is 10.6 Å². The van der Waals surface area contributed by atoms with Crippen molar-refractivity contribution in [3.8, 4) is 5.75 Å². The maximum Gasteiger partial charge on any atom is 0.337 e. The highest BCUT2D eigenvalue weighted by Gasteiger charge is 2.34. The number of methoxy groups -OCH3 is 1. The van der Waals surface area contributed by atoms with Gasteiger partial charge in [0.2, 0.25) is 0 Å². The second-order valence-electron chi connectivity index (χ2n) is 6.88. The molecule has 0 bridgehead atoms. The first kappa shape index (κ1) is 22.8. The van der Waals surface area contributed by atoms with Crippen molar-refractivity contribution in [2.45, 2.75) is 6.92 Å². The monoisotopic (exact) mass is 439 g/mol. The van der Waals surface area contributed by atoms with Crippen LogP contribution in [0.2, 0.25) is 0 Å². The number of amides is 2. The highest BCUT2D eigenvalue weighted by atomic mass is 16.5. The van der Waals surface area contributed by atoms with Crippen LogP contribution < -0.4 is 15.4 Å². The number of hydrogen-bond acceptors (Lipinski definition) is 7. The summed E-state index contributed by atoms with van der Waals surface area (Å²) in [5, 5.41) is 14.9. The standard InChI is InChI=1S/C23H25N3O6/c1-3-32-16-10-8-15(9-11-16)24-21(28)17-6-4-5-7-19(17)25-20-18(23(30)31-2)14-26(12-13-27)22(20)29/h4-11,25,27H,3,12-14H2,1-2H3,(H,24,28). The molecular formula is C23H25N3O6. The third kappa shape index (κ3) is 5.06. The Morgan fingerprint density at radius 3 is 2.50 bits per heavy atom. The number of benzene rings is 2. The molecule has 2 aromatic carbocycles. The van der Waals surface area contributed by atoms with Gasteiger partial charge in [0, 0.05) is 12.2 Å². The average Bonchev–Trinajstić information content (AvgIpc) is 3.10. The predicted molar refractivity (Wildman–Crippen MR) is 118 cm³/mol. The molecule has 0 spiro atoms. The van der Waals surface area contributed by atoms with Crippen LogP contribution in [0.25, 0.3) is 0 Å². The van der Waals surface area contributed by atoms with Gasteiger partial charge >= 0.3 is 5.97 Å². The van der Waals surface area contributed by atoms with Gasteiger partial charge in [-0.05, 0) is 43.3 Å². The minimum absolute atomic E-state index is 0.00887. The van der Waals surface area contributed by atoms with E-state index in [1.807, 2.05) is 6.92 Å². The number of anilines is 2. The van der Waals surface area contributed by atoms with E-state index in [1.54, 1.807) is 48.5 Å². The Balaban J connectivity index is 1.84. The SMILES string of the molecule is CCOc1ccc(NC(=O)c2ccccc2NC2=C(C(=O)OC)CN(CCO)C2=O)cc1. The Hall–Kier alpha value is -3.85. The molecule has 168 valence electrons. The molecule has 32 heavy (non-hydrogen) atoms. The number of aliphatic hydroxyl groups is 1. The molecule has 9 nitrogen and oxygen atoms in total. The lowest BCUT2D eigenvalue weighted by molar-refractivity contribution is -0.136. The van der Waals surface area contributed by atoms with Crippen molar-refractivity contribution in [1.29, 1.82) is 0 Å². The minimum Gasteiger partial charge on any atom is -0.494 e. The van der Waals surface area contributed by atoms with E-state index >= 15 is 0 Å². The molecule has 9 heteroatoms. The quantitative estimate of drug-likeness (QED) is 0.512. The van der Waals surface area contributed by atoms with Crippen molar-refractivity contribution in [2.24, 2.45) is 0 Å². The fraction of sp³-hybridized carbons (Fsp3) is 0.261. The summed E-state index contributed by atoms with van der Waals surface area (Å²) in [7, 11) is 1.23. The van der Waals surface area contributed by atoms with Crippen LogP contribution in [0.15, 0.2) is 59.8 Å². The topological polar surface area (TPSA) is 117 Å². The second-order valence-corrected chi connectivity index (χ2v) is 6.88. The van der Waals surface area contributed by atoms with Gasteiger partial charge in [-0.3, -0.25) is 9.59 Å². The van der Waals surface area contributed by atoms with E-state index in [-0.39, 0.29) is 36.5 Å². The van der Waals surface area contributed by atoms with Crippen molar-refractivity contribution < 1.29 is 29.0 Å². The smallest absolute Gasteiger partial charge is 0.337 e. The van der Waals surface area contributed by atoms with Gasteiger partial charge in [0.05, 0.1) is 43.7 Å². The van der Waals surface area contributed by atoms with Crippen molar-refractivity contribution in [3.05, 3.63) is 65.4 Å². The molecule has 0 atom stereocenters. The van der Waals surface area contributed by atoms with Crippen molar-refractivity contribution in [1.82, 2.24) is 4.90 Å². The average molecular weight is 439 g/mol. The molecule has 0 aliphatic carbocycles. The van der Waals surface area contributed by atoms with Crippen LogP contribution in [0.3, 0.4) is 0 Å². The van der Waals surface area contributed by atoms with Crippen molar-refractivity contribution >= 4 is 29.2 Å². The number of esters is 1. The number of rotatable bonds is 9. The lowest BCUT2D eigenvalue weighted by Gasteiger charge is -2.16. The lowest BCUT2D eigenvalue weighted by atomic mass is 10.1. The molecule has 3 N–H and O–H groups in total. The summed E-state index contributed by atoms with van der Waals surface area (Å²) in [4.78, 5) is 39.2. The molecule has 0 radical (unpaired) electrons. The minimum atomic E-state index is -0.655. The molecule has 1 aliphatic heterocycles. The Kier molecular flexibility index (Phi) is 7.45. The van der Waals surface area contributed by atoms with Gasteiger partial charge < -0.3 is 30.1 Å². The highest BCUT2D eigenvalue weighted by molar-refractivity contribution is 6.11. The number of carbonyl (C=O) groups is 3. The normalized spacial score (nSPS) is 13.2. The zero-order valence-corrected chi connectivity index (χ0v) is 17.9. The van der Waals surface area contributed by atoms with E-state index in [1.165, 1.54) is 12.0 Å². The van der Waals surface area contributed by atoms with Crippen LogP contribution in [-0.4, -0.2) is 61.2 Å². The predicted octanol–water partition coefficient (Wildman–Crippen LogP) is 2.01. The van der Waals surface area contributed by atoms with Gasteiger partial charge in [-0.15, -0.1) is 0 Å². The summed E-state index contributed by atoms with van der Waals surface area (Å²) in [6, 6.07) is 13.6. The summed E-state index contributed by atoms with van der Waals surface area (Å²) in [6.45, 7) is 2.27. The molecule has 0 unspecified atom stereocenters. The van der Waals surface area contributed by atoms with Gasteiger partial charge in [-0.2, -0.15) is 0 Å². The van der Waals surface area contributed by atoms with Crippen LogP contribution >= 0.6 is 0 Å². The Morgan fingerprint density at radius 1 is 1.12 bits per heavy atom. The van der Waals surface area contributed by atoms with E-state index in [4.69, 9.17) is 9.47 Å². The first-order valence-corrected chi connectivity index (χ1v) is 10.1. The lowest BCUT2D eigenvalue weighted by Crippen LogP contribution is -2.31. The van der Waals surface area contributed by atoms with E-state index < -0.39 is 17.8 Å². The van der Waals surface area contributed by atoms with Crippen LogP contribution in [0.4, 0.5) is 11.4 Å². The highest BCUT2D eigenvalue weighted by Crippen LogP contribution is 2.26. The van der Waals surface area contributed by atoms with E-state index in [0.717, 1.165) is 0 Å². The zero-order valence-electron chi connectivity index (χ0n) is 17.9. The number of β-amino-alcohol motifs (C(OH)–C–C–N with tert-alkyl or cyclic N) is 1. The molecule has 1 aliphatic rings. The summed E-state index contributed by atoms with van der Waals surface area (Å²) >= 11 is 0. The molecule has 1 heterocycles. The van der Waals surface area contributed by atoms with Gasteiger partial charge in [0.1, 0.15) is 11.4 Å². The van der Waals surface area contributed by atoms with Crippen molar-refractivity contribution in [2.75, 3.05) is 44.0 Å². The third-order valence-corrected chi connectivity index (χ3v) is 4.81. The largest absolute Gasteiger partial charge is 0.494 e. The van der Waals surface area contributed by atoms with Crippen LogP contribution in [0, 0.1) is 0 Å². The van der Waals surface area contributed by atoms with Crippen LogP contribution in [-0.2, 0) is 14.3 Å². The molecule has 0 fully saturated rings. The fourth-order valence-electron chi connectivity index (χ4n) is 3.27. The number of aliphatic hydroxyl groups excluding tert-OH is 1. The number of para-hydroxylation sites is 1. The molecule has 3 rings (SSSR count). The maximum atomic E-state index is 12.9. The maximum absolute atomic E-state index is 12.9. The van der Waals surface area contributed by atoms with E-state index in [0.29, 0.717) is 23.7 Å². The zero-order chi connectivity index (χ0) is 23.1. The molecule has 0 aromatic heterocycles. The molecule has 0 saturated heterocycles. The summed E-state index contributed by atoms with van der Waals surface area (Å²) < 4.78 is 10.2. The van der Waals surface area contributed by atoms with Crippen LogP contribution in [0.1, 0.15) is 17.3 Å². The second kappa shape index (κ2) is 10.5. The summed E-state index contributed by atoms with van der Waals surface area (Å²) in [5.74, 6) is -0.809. The molecule has 2 amide bonds. The third-order valence-electron chi connectivity index (χ3n) is 4.81.